The van der Waals surface area contributed by atoms with Crippen molar-refractivity contribution in [2.75, 3.05) is 11.1 Å². The van der Waals surface area contributed by atoms with Crippen LogP contribution in [0.2, 0.25) is 0 Å². The van der Waals surface area contributed by atoms with Gasteiger partial charge in [0.05, 0.1) is 28.5 Å². The largest absolute Gasteiger partial charge is 0.325 e. The van der Waals surface area contributed by atoms with Gasteiger partial charge < -0.3 is 10.6 Å². The molecule has 1 aliphatic rings. The number of benzene rings is 1. The number of nitrogens with one attached hydrogen (secondary N) is 2. The molecule has 1 aromatic rings. The Balaban J connectivity index is 2.08. The van der Waals surface area contributed by atoms with Crippen molar-refractivity contribution in [2.24, 2.45) is 11.3 Å². The van der Waals surface area contributed by atoms with Crippen LogP contribution in [0, 0.1) is 34.0 Å². The van der Waals surface area contributed by atoms with E-state index in [4.69, 9.17) is 0 Å². The number of rotatable bonds is 4. The quantitative estimate of drug-likeness (QED) is 0.807. The van der Waals surface area contributed by atoms with Crippen LogP contribution in [-0.2, 0) is 15.0 Å². The Morgan fingerprint density at radius 2 is 1.86 bits per heavy atom. The first-order chi connectivity index (χ1) is 13.0. The summed E-state index contributed by atoms with van der Waals surface area (Å²) in [6.45, 7) is 9.74. The van der Waals surface area contributed by atoms with Crippen LogP contribution in [0.1, 0.15) is 40.2 Å². The molecule has 0 radical (unpaired) electrons. The van der Waals surface area contributed by atoms with E-state index in [1.807, 2.05) is 30.3 Å². The van der Waals surface area contributed by atoms with Crippen LogP contribution in [0.3, 0.4) is 0 Å². The van der Waals surface area contributed by atoms with Crippen LogP contribution in [-0.4, -0.2) is 17.6 Å². The fourth-order valence-corrected chi connectivity index (χ4v) is 3.90. The topological polar surface area (TPSA) is 106 Å². The van der Waals surface area contributed by atoms with Crippen molar-refractivity contribution < 1.29 is 9.59 Å². The number of nitrogens with zero attached hydrogens (tertiary/aromatic N) is 2. The Morgan fingerprint density at radius 3 is 2.36 bits per heavy atom. The molecular weight excluding hydrogens is 372 g/mol. The van der Waals surface area contributed by atoms with Gasteiger partial charge in [0.15, 0.2) is 0 Å². The van der Waals surface area contributed by atoms with Crippen LogP contribution in [0.15, 0.2) is 34.9 Å². The second-order valence-corrected chi connectivity index (χ2v) is 9.24. The van der Waals surface area contributed by atoms with E-state index in [0.29, 0.717) is 16.3 Å². The Labute approximate surface area is 170 Å². The lowest BCUT2D eigenvalue weighted by Gasteiger charge is -2.34. The molecule has 2 amide bonds. The standard InChI is InChI=1S/C21H24N4O2S/c1-20(2,3)13-6-8-14(9-7-13)24-17(26)12-28-19-16(11-23)21(4,5)15(10-22)18(27)25-19/h6-9,15H,12H2,1-5H3,(H,24,26)(H,25,27)/t15-/m0/s1. The summed E-state index contributed by atoms with van der Waals surface area (Å²) in [5.74, 6) is -1.60. The summed E-state index contributed by atoms with van der Waals surface area (Å²) in [5, 5.41) is 24.5. The Hall–Kier alpha value is -2.77. The first-order valence-corrected chi connectivity index (χ1v) is 9.87. The summed E-state index contributed by atoms with van der Waals surface area (Å²) in [7, 11) is 0. The summed E-state index contributed by atoms with van der Waals surface area (Å²) < 4.78 is 0. The molecule has 0 spiro atoms. The number of amides is 2. The van der Waals surface area contributed by atoms with Crippen molar-refractivity contribution in [3.05, 3.63) is 40.4 Å². The first kappa shape index (κ1) is 21.5. The third-order valence-electron chi connectivity index (χ3n) is 4.72. The van der Waals surface area contributed by atoms with Crippen molar-refractivity contribution >= 4 is 29.3 Å². The van der Waals surface area contributed by atoms with Crippen molar-refractivity contribution in [3.8, 4) is 12.1 Å². The minimum Gasteiger partial charge on any atom is -0.325 e. The second-order valence-electron chi connectivity index (χ2n) is 8.25. The van der Waals surface area contributed by atoms with Crippen LogP contribution in [0.25, 0.3) is 0 Å². The predicted molar refractivity (Wildman–Crippen MR) is 110 cm³/mol. The van der Waals surface area contributed by atoms with E-state index in [9.17, 15) is 20.1 Å². The zero-order chi connectivity index (χ0) is 21.1. The average Bonchev–Trinajstić information content (AvgIpc) is 2.59. The fourth-order valence-electron chi connectivity index (χ4n) is 2.92. The molecule has 0 saturated carbocycles. The maximum atomic E-state index is 12.3. The summed E-state index contributed by atoms with van der Waals surface area (Å²) in [5.41, 5.74) is 1.29. The molecule has 0 unspecified atom stereocenters. The van der Waals surface area contributed by atoms with Gasteiger partial charge in [0.2, 0.25) is 11.8 Å². The predicted octanol–water partition coefficient (Wildman–Crippen LogP) is 3.69. The van der Waals surface area contributed by atoms with Crippen molar-refractivity contribution in [3.63, 3.8) is 0 Å². The highest BCUT2D eigenvalue weighted by molar-refractivity contribution is 8.03. The number of nitriles is 2. The van der Waals surface area contributed by atoms with Gasteiger partial charge in [0.1, 0.15) is 5.92 Å². The van der Waals surface area contributed by atoms with Gasteiger partial charge in [0.25, 0.3) is 0 Å². The van der Waals surface area contributed by atoms with Gasteiger partial charge in [0, 0.05) is 11.1 Å². The molecule has 0 fully saturated rings. The lowest BCUT2D eigenvalue weighted by atomic mass is 9.72. The van der Waals surface area contributed by atoms with Crippen molar-refractivity contribution in [2.45, 2.75) is 40.0 Å². The van der Waals surface area contributed by atoms with Gasteiger partial charge in [-0.15, -0.1) is 0 Å². The Bertz CT molecular complexity index is 896. The highest BCUT2D eigenvalue weighted by atomic mass is 32.2. The SMILES string of the molecule is CC(C)(C)c1ccc(NC(=O)CSC2=C(C#N)C(C)(C)[C@@H](C#N)C(=O)N2)cc1. The van der Waals surface area contributed by atoms with Gasteiger partial charge in [-0.3, -0.25) is 9.59 Å². The van der Waals surface area contributed by atoms with E-state index < -0.39 is 17.2 Å². The molecule has 1 aliphatic heterocycles. The highest BCUT2D eigenvalue weighted by Gasteiger charge is 2.44. The number of carbonyl (C=O) groups is 2. The molecule has 2 rings (SSSR count). The third-order valence-corrected chi connectivity index (χ3v) is 5.72. The minimum absolute atomic E-state index is 0.0336. The molecule has 0 saturated heterocycles. The molecule has 0 bridgehead atoms. The molecular formula is C21H24N4O2S. The van der Waals surface area contributed by atoms with E-state index in [-0.39, 0.29) is 17.1 Å². The minimum atomic E-state index is -0.943. The molecule has 6 nitrogen and oxygen atoms in total. The molecule has 1 atom stereocenters. The lowest BCUT2D eigenvalue weighted by Crippen LogP contribution is -2.44. The molecule has 146 valence electrons. The van der Waals surface area contributed by atoms with Crippen molar-refractivity contribution in [1.82, 2.24) is 5.32 Å². The zero-order valence-corrected chi connectivity index (χ0v) is 17.5. The van der Waals surface area contributed by atoms with E-state index in [2.05, 4.69) is 37.5 Å². The number of thioether (sulfide) groups is 1. The number of hydrogen-bond donors (Lipinski definition) is 2. The van der Waals surface area contributed by atoms with Gasteiger partial charge >= 0.3 is 0 Å². The summed E-state index contributed by atoms with van der Waals surface area (Å²) >= 11 is 1.09. The summed E-state index contributed by atoms with van der Waals surface area (Å²) in [6.07, 6.45) is 0. The number of hydrogen-bond acceptors (Lipinski definition) is 5. The lowest BCUT2D eigenvalue weighted by molar-refractivity contribution is -0.125. The second kappa shape index (κ2) is 8.08. The average molecular weight is 397 g/mol. The highest BCUT2D eigenvalue weighted by Crippen LogP contribution is 2.41. The molecule has 0 aromatic heterocycles. The molecule has 0 aliphatic carbocycles. The number of allylic oxidation sites excluding steroid dienone is 1. The molecule has 7 heteroatoms. The Kier molecular flexibility index (Phi) is 6.21. The fraction of sp³-hybridized carbons (Fsp3) is 0.429. The summed E-state index contributed by atoms with van der Waals surface area (Å²) in [4.78, 5) is 24.5. The molecule has 1 heterocycles. The van der Waals surface area contributed by atoms with Gasteiger partial charge in [-0.25, -0.2) is 0 Å². The number of anilines is 1. The Morgan fingerprint density at radius 1 is 1.25 bits per heavy atom. The molecule has 2 N–H and O–H groups in total. The van der Waals surface area contributed by atoms with Gasteiger partial charge in [-0.1, -0.05) is 58.5 Å². The van der Waals surface area contributed by atoms with E-state index in [1.54, 1.807) is 13.8 Å². The van der Waals surface area contributed by atoms with E-state index in [0.717, 1.165) is 11.8 Å². The summed E-state index contributed by atoms with van der Waals surface area (Å²) in [6, 6.07) is 11.7. The molecule has 28 heavy (non-hydrogen) atoms. The maximum absolute atomic E-state index is 12.3. The van der Waals surface area contributed by atoms with Crippen LogP contribution >= 0.6 is 11.8 Å². The maximum Gasteiger partial charge on any atom is 0.243 e. The van der Waals surface area contributed by atoms with Gasteiger partial charge in [-0.2, -0.15) is 10.5 Å². The van der Waals surface area contributed by atoms with Crippen LogP contribution in [0.4, 0.5) is 5.69 Å². The third kappa shape index (κ3) is 4.55. The van der Waals surface area contributed by atoms with Gasteiger partial charge in [-0.05, 0) is 23.1 Å². The smallest absolute Gasteiger partial charge is 0.243 e. The van der Waals surface area contributed by atoms with E-state index >= 15 is 0 Å². The number of carbonyl (C=O) groups excluding carboxylic acids is 2. The van der Waals surface area contributed by atoms with Crippen LogP contribution < -0.4 is 10.6 Å². The molecule has 1 aromatic carbocycles. The van der Waals surface area contributed by atoms with Crippen LogP contribution in [0.5, 0.6) is 0 Å². The first-order valence-electron chi connectivity index (χ1n) is 8.89. The van der Waals surface area contributed by atoms with E-state index in [1.165, 1.54) is 5.56 Å². The normalized spacial score (nSPS) is 18.7. The zero-order valence-electron chi connectivity index (χ0n) is 16.7. The monoisotopic (exact) mass is 396 g/mol. The van der Waals surface area contributed by atoms with Crippen molar-refractivity contribution in [1.29, 1.82) is 10.5 Å².